The number of ether oxygens (including phenoxy) is 1. The van der Waals surface area contributed by atoms with Gasteiger partial charge in [0.15, 0.2) is 12.1 Å². The van der Waals surface area contributed by atoms with Crippen LogP contribution in [0.4, 0.5) is 0 Å². The third-order valence-corrected chi connectivity index (χ3v) is 3.44. The molecule has 106 valence electrons. The maximum absolute atomic E-state index is 11.1. The molecule has 1 aromatic heterocycles. The summed E-state index contributed by atoms with van der Waals surface area (Å²) in [4.78, 5) is 15.4. The summed E-state index contributed by atoms with van der Waals surface area (Å²) < 4.78 is 7.52. The molecule has 4 nitrogen and oxygen atoms in total. The van der Waals surface area contributed by atoms with Gasteiger partial charge in [0.05, 0.1) is 17.6 Å². The molecule has 2 aromatic carbocycles. The number of imidazole rings is 1. The second-order valence-electron chi connectivity index (χ2n) is 4.53. The third-order valence-electron chi connectivity index (χ3n) is 3.19. The van der Waals surface area contributed by atoms with Gasteiger partial charge in [0.25, 0.3) is 0 Å². The van der Waals surface area contributed by atoms with E-state index in [-0.39, 0.29) is 0 Å². The number of carbonyl (C=O) groups excluding carboxylic acids is 1. The van der Waals surface area contributed by atoms with Crippen LogP contribution in [0.3, 0.4) is 0 Å². The fourth-order valence-corrected chi connectivity index (χ4v) is 2.33. The number of hydrogen-bond acceptors (Lipinski definition) is 3. The van der Waals surface area contributed by atoms with Crippen molar-refractivity contribution in [2.75, 3.05) is 6.61 Å². The van der Waals surface area contributed by atoms with Gasteiger partial charge in [-0.05, 0) is 36.4 Å². The van der Waals surface area contributed by atoms with Crippen molar-refractivity contribution in [2.45, 2.75) is 6.54 Å². The number of hydrogen-bond donors (Lipinski definition) is 0. The molecule has 0 saturated heterocycles. The van der Waals surface area contributed by atoms with Crippen molar-refractivity contribution < 1.29 is 9.53 Å². The van der Waals surface area contributed by atoms with E-state index in [1.165, 1.54) is 0 Å². The van der Waals surface area contributed by atoms with Gasteiger partial charge < -0.3 is 9.30 Å². The van der Waals surface area contributed by atoms with Crippen LogP contribution in [0.1, 0.15) is 10.6 Å². The Morgan fingerprint density at radius 2 is 1.90 bits per heavy atom. The van der Waals surface area contributed by atoms with Crippen molar-refractivity contribution in [2.24, 2.45) is 0 Å². The quantitative estimate of drug-likeness (QED) is 0.676. The van der Waals surface area contributed by atoms with Crippen molar-refractivity contribution in [3.8, 4) is 5.75 Å². The highest BCUT2D eigenvalue weighted by Gasteiger charge is 2.09. The van der Waals surface area contributed by atoms with Crippen LogP contribution in [0.25, 0.3) is 11.0 Å². The molecule has 0 aliphatic carbocycles. The zero-order valence-electron chi connectivity index (χ0n) is 11.2. The van der Waals surface area contributed by atoms with E-state index in [0.717, 1.165) is 23.1 Å². The fraction of sp³-hybridized carbons (Fsp3) is 0.125. The van der Waals surface area contributed by atoms with E-state index in [9.17, 15) is 4.79 Å². The molecule has 0 radical (unpaired) electrons. The molecular formula is C16H13ClN2O2. The van der Waals surface area contributed by atoms with E-state index in [2.05, 4.69) is 4.98 Å². The summed E-state index contributed by atoms with van der Waals surface area (Å²) in [5.41, 5.74) is 1.74. The number of fused-ring (bicyclic) bond motifs is 1. The first-order chi connectivity index (χ1) is 10.3. The predicted octanol–water partition coefficient (Wildman–Crippen LogP) is 3.58. The number of carbonyl (C=O) groups is 1. The summed E-state index contributed by atoms with van der Waals surface area (Å²) in [7, 11) is 0. The summed E-state index contributed by atoms with van der Waals surface area (Å²) in [5, 5.41) is 0.672. The zero-order chi connectivity index (χ0) is 14.7. The SMILES string of the molecule is O=Cc1nc2ccccc2n1CCOc1ccc(Cl)cc1. The number of halogens is 1. The van der Waals surface area contributed by atoms with Crippen molar-refractivity contribution in [1.82, 2.24) is 9.55 Å². The lowest BCUT2D eigenvalue weighted by Crippen LogP contribution is -2.10. The maximum atomic E-state index is 11.1. The Bertz CT molecular complexity index is 766. The third kappa shape index (κ3) is 2.90. The molecule has 0 bridgehead atoms. The van der Waals surface area contributed by atoms with Gasteiger partial charge in [-0.3, -0.25) is 4.79 Å². The monoisotopic (exact) mass is 300 g/mol. The second-order valence-corrected chi connectivity index (χ2v) is 4.97. The maximum Gasteiger partial charge on any atom is 0.185 e. The number of benzene rings is 2. The second kappa shape index (κ2) is 5.97. The Balaban J connectivity index is 1.75. The normalized spacial score (nSPS) is 10.7. The first-order valence-corrected chi connectivity index (χ1v) is 6.94. The molecule has 1 heterocycles. The average Bonchev–Trinajstić information content (AvgIpc) is 2.87. The summed E-state index contributed by atoms with van der Waals surface area (Å²) in [6, 6.07) is 14.8. The molecule has 0 unspecified atom stereocenters. The van der Waals surface area contributed by atoms with Gasteiger partial charge >= 0.3 is 0 Å². The Kier molecular flexibility index (Phi) is 3.88. The van der Waals surface area contributed by atoms with Crippen molar-refractivity contribution in [3.63, 3.8) is 0 Å². The number of para-hydroxylation sites is 2. The Morgan fingerprint density at radius 1 is 1.14 bits per heavy atom. The minimum Gasteiger partial charge on any atom is -0.492 e. The van der Waals surface area contributed by atoms with Crippen LogP contribution < -0.4 is 4.74 Å². The van der Waals surface area contributed by atoms with E-state index in [1.807, 2.05) is 41.0 Å². The van der Waals surface area contributed by atoms with Crippen LogP contribution >= 0.6 is 11.6 Å². The molecule has 0 aliphatic heterocycles. The highest BCUT2D eigenvalue weighted by molar-refractivity contribution is 6.30. The molecule has 3 aromatic rings. The summed E-state index contributed by atoms with van der Waals surface area (Å²) in [6.45, 7) is 1.00. The summed E-state index contributed by atoms with van der Waals surface area (Å²) >= 11 is 5.83. The molecule has 3 rings (SSSR count). The lowest BCUT2D eigenvalue weighted by Gasteiger charge is -2.08. The van der Waals surface area contributed by atoms with Gasteiger partial charge in [0.2, 0.25) is 0 Å². The molecule has 21 heavy (non-hydrogen) atoms. The van der Waals surface area contributed by atoms with Gasteiger partial charge in [-0.2, -0.15) is 0 Å². The van der Waals surface area contributed by atoms with E-state index < -0.39 is 0 Å². The molecule has 0 saturated carbocycles. The largest absolute Gasteiger partial charge is 0.492 e. The molecule has 0 N–H and O–H groups in total. The topological polar surface area (TPSA) is 44.1 Å². The number of rotatable bonds is 5. The van der Waals surface area contributed by atoms with Crippen LogP contribution in [-0.4, -0.2) is 22.4 Å². The van der Waals surface area contributed by atoms with E-state index in [4.69, 9.17) is 16.3 Å². The summed E-state index contributed by atoms with van der Waals surface area (Å²) in [5.74, 6) is 1.16. The van der Waals surface area contributed by atoms with Crippen LogP contribution in [0, 0.1) is 0 Å². The van der Waals surface area contributed by atoms with Crippen molar-refractivity contribution >= 4 is 28.9 Å². The van der Waals surface area contributed by atoms with Gasteiger partial charge in [-0.15, -0.1) is 0 Å². The molecule has 0 aliphatic rings. The standard InChI is InChI=1S/C16H13ClN2O2/c17-12-5-7-13(8-6-12)21-10-9-19-15-4-2-1-3-14(15)18-16(19)11-20/h1-8,11H,9-10H2. The zero-order valence-corrected chi connectivity index (χ0v) is 12.0. The number of aromatic nitrogens is 2. The van der Waals surface area contributed by atoms with Gasteiger partial charge in [-0.25, -0.2) is 4.98 Å². The van der Waals surface area contributed by atoms with Gasteiger partial charge in [0.1, 0.15) is 12.4 Å². The number of nitrogens with zero attached hydrogens (tertiary/aromatic N) is 2. The predicted molar refractivity (Wildman–Crippen MR) is 82.1 cm³/mol. The highest BCUT2D eigenvalue weighted by atomic mass is 35.5. The van der Waals surface area contributed by atoms with Gasteiger partial charge in [0, 0.05) is 5.02 Å². The lowest BCUT2D eigenvalue weighted by atomic mass is 10.3. The molecule has 0 atom stereocenters. The molecule has 5 heteroatoms. The fourth-order valence-electron chi connectivity index (χ4n) is 2.20. The Morgan fingerprint density at radius 3 is 2.67 bits per heavy atom. The lowest BCUT2D eigenvalue weighted by molar-refractivity contribution is 0.111. The molecule has 0 spiro atoms. The van der Waals surface area contributed by atoms with E-state index >= 15 is 0 Å². The van der Waals surface area contributed by atoms with Crippen LogP contribution in [-0.2, 0) is 6.54 Å². The van der Waals surface area contributed by atoms with E-state index in [1.54, 1.807) is 12.1 Å². The van der Waals surface area contributed by atoms with Crippen LogP contribution in [0.15, 0.2) is 48.5 Å². The average molecular weight is 301 g/mol. The van der Waals surface area contributed by atoms with E-state index in [0.29, 0.717) is 24.0 Å². The highest BCUT2D eigenvalue weighted by Crippen LogP contribution is 2.17. The Hall–Kier alpha value is -2.33. The first kappa shape index (κ1) is 13.6. The van der Waals surface area contributed by atoms with Crippen LogP contribution in [0.5, 0.6) is 5.75 Å². The Labute approximate surface area is 126 Å². The smallest absolute Gasteiger partial charge is 0.185 e. The minimum atomic E-state index is 0.413. The van der Waals surface area contributed by atoms with Crippen molar-refractivity contribution in [3.05, 3.63) is 59.4 Å². The van der Waals surface area contributed by atoms with Gasteiger partial charge in [-0.1, -0.05) is 23.7 Å². The summed E-state index contributed by atoms with van der Waals surface area (Å²) in [6.07, 6.45) is 0.766. The minimum absolute atomic E-state index is 0.413. The molecule has 0 amide bonds. The molecular weight excluding hydrogens is 288 g/mol. The number of aldehydes is 1. The molecule has 0 fully saturated rings. The van der Waals surface area contributed by atoms with Crippen molar-refractivity contribution in [1.29, 1.82) is 0 Å². The first-order valence-electron chi connectivity index (χ1n) is 6.57. The van der Waals surface area contributed by atoms with Crippen LogP contribution in [0.2, 0.25) is 5.02 Å².